The number of Topliss-reactive ketones (excluding diaryl/α,β-unsaturated/α-hetero) is 1. The third-order valence-corrected chi connectivity index (χ3v) is 4.06. The summed E-state index contributed by atoms with van der Waals surface area (Å²) in [6, 6.07) is 14.5. The predicted octanol–water partition coefficient (Wildman–Crippen LogP) is 3.22. The predicted molar refractivity (Wildman–Crippen MR) is 89.2 cm³/mol. The van der Waals surface area contributed by atoms with Gasteiger partial charge in [0, 0.05) is 10.0 Å². The fourth-order valence-corrected chi connectivity index (χ4v) is 2.74. The third kappa shape index (κ3) is 3.48. The molecule has 0 saturated carbocycles. The highest BCUT2D eigenvalue weighted by Gasteiger charge is 2.13. The van der Waals surface area contributed by atoms with Crippen molar-refractivity contribution >= 4 is 38.7 Å². The zero-order valence-corrected chi connectivity index (χ0v) is 13.7. The van der Waals surface area contributed by atoms with Crippen molar-refractivity contribution in [2.75, 3.05) is 6.61 Å². The average Bonchev–Trinajstić information content (AvgIpc) is 2.96. The lowest BCUT2D eigenvalue weighted by atomic mass is 10.1. The molecule has 0 spiro atoms. The molecule has 23 heavy (non-hydrogen) atoms. The Morgan fingerprint density at radius 2 is 1.83 bits per heavy atom. The normalized spacial score (nSPS) is 10.7. The fourth-order valence-electron chi connectivity index (χ4n) is 2.23. The van der Waals surface area contributed by atoms with Crippen LogP contribution in [0, 0.1) is 0 Å². The second kappa shape index (κ2) is 6.75. The molecular weight excluding hydrogens is 360 g/mol. The molecule has 5 nitrogen and oxygen atoms in total. The van der Waals surface area contributed by atoms with Crippen LogP contribution in [0.1, 0.15) is 10.4 Å². The second-order valence-electron chi connectivity index (χ2n) is 4.92. The first-order chi connectivity index (χ1) is 11.1. The summed E-state index contributed by atoms with van der Waals surface area (Å²) in [5.41, 5.74) is 2.15. The van der Waals surface area contributed by atoms with Crippen molar-refractivity contribution in [2.24, 2.45) is 0 Å². The lowest BCUT2D eigenvalue weighted by molar-refractivity contribution is -0.143. The molecule has 0 atom stereocenters. The number of nitrogens with zero attached hydrogens (tertiary/aromatic N) is 2. The zero-order valence-electron chi connectivity index (χ0n) is 12.1. The van der Waals surface area contributed by atoms with Gasteiger partial charge >= 0.3 is 5.97 Å². The van der Waals surface area contributed by atoms with Gasteiger partial charge in [-0.15, -0.1) is 0 Å². The summed E-state index contributed by atoms with van der Waals surface area (Å²) >= 11 is 3.31. The molecule has 1 heterocycles. The summed E-state index contributed by atoms with van der Waals surface area (Å²) in [4.78, 5) is 28.2. The van der Waals surface area contributed by atoms with Gasteiger partial charge in [0.2, 0.25) is 5.78 Å². The van der Waals surface area contributed by atoms with Crippen LogP contribution >= 0.6 is 15.9 Å². The SMILES string of the molecule is O=C(Cn1cnc2ccccc21)OCC(=O)c1ccccc1Br. The number of hydrogen-bond donors (Lipinski definition) is 0. The van der Waals surface area contributed by atoms with E-state index in [9.17, 15) is 9.59 Å². The summed E-state index contributed by atoms with van der Waals surface area (Å²) in [5.74, 6) is -0.727. The molecule has 3 rings (SSSR count). The van der Waals surface area contributed by atoms with Gasteiger partial charge in [0.05, 0.1) is 17.4 Å². The van der Waals surface area contributed by atoms with Gasteiger partial charge in [0.1, 0.15) is 6.54 Å². The van der Waals surface area contributed by atoms with E-state index in [1.165, 1.54) is 0 Å². The van der Waals surface area contributed by atoms with E-state index in [0.29, 0.717) is 10.0 Å². The van der Waals surface area contributed by atoms with Crippen molar-refractivity contribution in [3.8, 4) is 0 Å². The Balaban J connectivity index is 1.62. The van der Waals surface area contributed by atoms with Gasteiger partial charge in [0.15, 0.2) is 6.61 Å². The summed E-state index contributed by atoms with van der Waals surface area (Å²) in [5, 5.41) is 0. The first-order valence-electron chi connectivity index (χ1n) is 6.98. The van der Waals surface area contributed by atoms with Gasteiger partial charge in [-0.25, -0.2) is 4.98 Å². The highest BCUT2D eigenvalue weighted by Crippen LogP contribution is 2.16. The van der Waals surface area contributed by atoms with Crippen LogP contribution in [-0.4, -0.2) is 27.9 Å². The van der Waals surface area contributed by atoms with Crippen LogP contribution in [0.5, 0.6) is 0 Å². The molecular formula is C17H13BrN2O3. The Labute approximate surface area is 141 Å². The van der Waals surface area contributed by atoms with Gasteiger partial charge in [-0.05, 0) is 18.2 Å². The maximum Gasteiger partial charge on any atom is 0.326 e. The first kappa shape index (κ1) is 15.4. The number of ether oxygens (including phenoxy) is 1. The maximum absolute atomic E-state index is 12.1. The number of carbonyl (C=O) groups excluding carboxylic acids is 2. The minimum atomic E-state index is -0.478. The number of para-hydroxylation sites is 2. The number of fused-ring (bicyclic) bond motifs is 1. The van der Waals surface area contributed by atoms with Crippen LogP contribution in [0.25, 0.3) is 11.0 Å². The Morgan fingerprint density at radius 3 is 2.65 bits per heavy atom. The molecule has 0 unspecified atom stereocenters. The minimum Gasteiger partial charge on any atom is -0.456 e. The molecule has 0 fully saturated rings. The fraction of sp³-hybridized carbons (Fsp3) is 0.118. The van der Waals surface area contributed by atoms with E-state index >= 15 is 0 Å². The van der Waals surface area contributed by atoms with Crippen LogP contribution in [0.15, 0.2) is 59.3 Å². The number of imidazole rings is 1. The molecule has 0 bridgehead atoms. The van der Waals surface area contributed by atoms with Crippen molar-refractivity contribution in [1.82, 2.24) is 9.55 Å². The number of rotatable bonds is 5. The molecule has 3 aromatic rings. The van der Waals surface area contributed by atoms with Crippen LogP contribution in [0.2, 0.25) is 0 Å². The summed E-state index contributed by atoms with van der Waals surface area (Å²) in [6.45, 7) is -0.266. The first-order valence-corrected chi connectivity index (χ1v) is 7.77. The van der Waals surface area contributed by atoms with Crippen molar-refractivity contribution in [3.05, 3.63) is 64.9 Å². The molecule has 0 aliphatic heterocycles. The number of benzene rings is 2. The Morgan fingerprint density at radius 1 is 1.09 bits per heavy atom. The molecule has 6 heteroatoms. The number of ketones is 1. The lowest BCUT2D eigenvalue weighted by Crippen LogP contribution is -2.18. The van der Waals surface area contributed by atoms with E-state index in [4.69, 9.17) is 4.74 Å². The van der Waals surface area contributed by atoms with Gasteiger partial charge in [-0.2, -0.15) is 0 Å². The molecule has 1 aromatic heterocycles. The molecule has 0 aliphatic carbocycles. The number of esters is 1. The quantitative estimate of drug-likeness (QED) is 0.509. The summed E-state index contributed by atoms with van der Waals surface area (Å²) in [7, 11) is 0. The van der Waals surface area contributed by atoms with Gasteiger partial charge in [-0.1, -0.05) is 46.3 Å². The number of aromatic nitrogens is 2. The molecule has 0 aliphatic rings. The Bertz CT molecular complexity index is 873. The third-order valence-electron chi connectivity index (χ3n) is 3.37. The van der Waals surface area contributed by atoms with E-state index < -0.39 is 5.97 Å². The van der Waals surface area contributed by atoms with Crippen LogP contribution in [0.3, 0.4) is 0 Å². The summed E-state index contributed by atoms with van der Waals surface area (Å²) in [6.07, 6.45) is 1.58. The zero-order chi connectivity index (χ0) is 16.2. The number of hydrogen-bond acceptors (Lipinski definition) is 4. The molecule has 2 aromatic carbocycles. The highest BCUT2D eigenvalue weighted by molar-refractivity contribution is 9.10. The van der Waals surface area contributed by atoms with E-state index in [1.807, 2.05) is 30.3 Å². The molecule has 0 saturated heterocycles. The minimum absolute atomic E-state index is 0.0176. The maximum atomic E-state index is 12.1. The Kier molecular flexibility index (Phi) is 4.52. The standard InChI is InChI=1S/C17H13BrN2O3/c18-13-6-2-1-5-12(13)16(21)10-23-17(22)9-20-11-19-14-7-3-4-8-15(14)20/h1-8,11H,9-10H2. The Hall–Kier alpha value is -2.47. The number of halogens is 1. The second-order valence-corrected chi connectivity index (χ2v) is 5.78. The van der Waals surface area contributed by atoms with Gasteiger partial charge in [-0.3, -0.25) is 9.59 Å². The molecule has 0 amide bonds. The molecule has 116 valence electrons. The van der Waals surface area contributed by atoms with Gasteiger partial charge < -0.3 is 9.30 Å². The smallest absolute Gasteiger partial charge is 0.326 e. The van der Waals surface area contributed by atoms with Crippen molar-refractivity contribution in [3.63, 3.8) is 0 Å². The van der Waals surface area contributed by atoms with Crippen molar-refractivity contribution < 1.29 is 14.3 Å². The number of carbonyl (C=O) groups is 2. The largest absolute Gasteiger partial charge is 0.456 e. The van der Waals surface area contributed by atoms with Crippen LogP contribution < -0.4 is 0 Å². The van der Waals surface area contributed by atoms with Gasteiger partial charge in [0.25, 0.3) is 0 Å². The average molecular weight is 373 g/mol. The van der Waals surface area contributed by atoms with Crippen molar-refractivity contribution in [2.45, 2.75) is 6.54 Å². The summed E-state index contributed by atoms with van der Waals surface area (Å²) < 4.78 is 7.45. The van der Waals surface area contributed by atoms with E-state index in [0.717, 1.165) is 11.0 Å². The lowest BCUT2D eigenvalue weighted by Gasteiger charge is -2.07. The topological polar surface area (TPSA) is 61.2 Å². The van der Waals surface area contributed by atoms with E-state index in [2.05, 4.69) is 20.9 Å². The van der Waals surface area contributed by atoms with E-state index in [-0.39, 0.29) is 18.9 Å². The van der Waals surface area contributed by atoms with Crippen molar-refractivity contribution in [1.29, 1.82) is 0 Å². The van der Waals surface area contributed by atoms with E-state index in [1.54, 1.807) is 29.1 Å². The highest BCUT2D eigenvalue weighted by atomic mass is 79.9. The van der Waals surface area contributed by atoms with Crippen LogP contribution in [-0.2, 0) is 16.1 Å². The molecule has 0 N–H and O–H groups in total. The molecule has 0 radical (unpaired) electrons. The van der Waals surface area contributed by atoms with Crippen LogP contribution in [0.4, 0.5) is 0 Å². The monoisotopic (exact) mass is 372 g/mol.